The van der Waals surface area contributed by atoms with Gasteiger partial charge in [0, 0.05) is 6.07 Å². The molecule has 1 N–H and O–H groups in total. The number of aromatic nitrogens is 1. The van der Waals surface area contributed by atoms with Crippen molar-refractivity contribution >= 4 is 5.97 Å². The first-order valence-electron chi connectivity index (χ1n) is 7.86. The number of halogens is 5. The predicted octanol–water partition coefficient (Wildman–Crippen LogP) is 5.66. The highest BCUT2D eigenvalue weighted by atomic mass is 19.4. The number of hydrogen-bond acceptors (Lipinski definition) is 4. The maximum absolute atomic E-state index is 13.8. The van der Waals surface area contributed by atoms with Crippen molar-refractivity contribution in [3.8, 4) is 23.1 Å². The van der Waals surface area contributed by atoms with Gasteiger partial charge in [0.15, 0.2) is 23.1 Å². The molecule has 10 heteroatoms. The van der Waals surface area contributed by atoms with Crippen LogP contribution in [0, 0.1) is 11.6 Å². The van der Waals surface area contributed by atoms with Gasteiger partial charge in [-0.25, -0.2) is 18.6 Å². The van der Waals surface area contributed by atoms with Crippen molar-refractivity contribution in [1.82, 2.24) is 4.98 Å². The van der Waals surface area contributed by atoms with Crippen LogP contribution in [0.2, 0.25) is 0 Å². The van der Waals surface area contributed by atoms with Crippen LogP contribution in [0.5, 0.6) is 23.1 Å². The number of aromatic carboxylic acids is 1. The van der Waals surface area contributed by atoms with Crippen LogP contribution in [0.15, 0.2) is 54.6 Å². The zero-order valence-electron chi connectivity index (χ0n) is 14.2. The van der Waals surface area contributed by atoms with Crippen LogP contribution in [0.4, 0.5) is 22.0 Å². The lowest BCUT2D eigenvalue weighted by atomic mass is 10.2. The Morgan fingerprint density at radius 2 is 1.48 bits per heavy atom. The zero-order chi connectivity index (χ0) is 21.2. The molecule has 0 aliphatic rings. The SMILES string of the molecule is O=C(O)c1nc(Oc2ccc(Oc3ccc(C(F)(F)F)cc3F)cc2)ccc1F. The van der Waals surface area contributed by atoms with Gasteiger partial charge in [-0.05, 0) is 48.5 Å². The molecule has 3 rings (SSSR count). The van der Waals surface area contributed by atoms with Gasteiger partial charge in [0.1, 0.15) is 11.5 Å². The Morgan fingerprint density at radius 1 is 0.862 bits per heavy atom. The van der Waals surface area contributed by atoms with Gasteiger partial charge in [-0.1, -0.05) is 0 Å². The van der Waals surface area contributed by atoms with Gasteiger partial charge in [-0.15, -0.1) is 0 Å². The van der Waals surface area contributed by atoms with Crippen molar-refractivity contribution in [1.29, 1.82) is 0 Å². The zero-order valence-corrected chi connectivity index (χ0v) is 14.2. The molecule has 0 aliphatic heterocycles. The fourth-order valence-corrected chi connectivity index (χ4v) is 2.21. The molecule has 1 aromatic heterocycles. The van der Waals surface area contributed by atoms with Crippen molar-refractivity contribution in [2.45, 2.75) is 6.18 Å². The van der Waals surface area contributed by atoms with E-state index < -0.39 is 40.8 Å². The molecule has 5 nitrogen and oxygen atoms in total. The van der Waals surface area contributed by atoms with Crippen molar-refractivity contribution in [3.05, 3.63) is 77.5 Å². The summed E-state index contributed by atoms with van der Waals surface area (Å²) in [6.07, 6.45) is -4.67. The van der Waals surface area contributed by atoms with Gasteiger partial charge >= 0.3 is 12.1 Å². The molecule has 0 radical (unpaired) electrons. The first-order valence-corrected chi connectivity index (χ1v) is 7.86. The van der Waals surface area contributed by atoms with Gasteiger partial charge in [0.2, 0.25) is 5.88 Å². The Balaban J connectivity index is 1.73. The standard InChI is InChI=1S/C19H10F5NO4/c20-13-6-8-16(25-17(13)18(26)27)29-12-4-2-11(3-5-12)28-15-7-1-10(9-14(15)21)19(22,23)24/h1-9H,(H,26,27). The van der Waals surface area contributed by atoms with E-state index in [-0.39, 0.29) is 17.4 Å². The van der Waals surface area contributed by atoms with Gasteiger partial charge in [-0.3, -0.25) is 0 Å². The van der Waals surface area contributed by atoms with E-state index in [0.29, 0.717) is 12.1 Å². The highest BCUT2D eigenvalue weighted by Crippen LogP contribution is 2.34. The third-order valence-corrected chi connectivity index (χ3v) is 3.56. The Morgan fingerprint density at radius 3 is 2.03 bits per heavy atom. The lowest BCUT2D eigenvalue weighted by Gasteiger charge is -2.11. The van der Waals surface area contributed by atoms with Crippen LogP contribution in [0.25, 0.3) is 0 Å². The number of carboxylic acids is 1. The number of pyridine rings is 1. The number of benzene rings is 2. The Kier molecular flexibility index (Phi) is 5.35. The van der Waals surface area contributed by atoms with Gasteiger partial charge in [0.05, 0.1) is 5.56 Å². The Labute approximate surface area is 160 Å². The van der Waals surface area contributed by atoms with Crippen LogP contribution in [-0.4, -0.2) is 16.1 Å². The fraction of sp³-hybridized carbons (Fsp3) is 0.0526. The molecule has 0 bridgehead atoms. The highest BCUT2D eigenvalue weighted by molar-refractivity contribution is 5.85. The average molecular weight is 411 g/mol. The van der Waals surface area contributed by atoms with E-state index in [1.165, 1.54) is 24.3 Å². The Bertz CT molecular complexity index is 1050. The summed E-state index contributed by atoms with van der Waals surface area (Å²) in [5, 5.41) is 8.85. The second kappa shape index (κ2) is 7.74. The third kappa shape index (κ3) is 4.78. The summed E-state index contributed by atoms with van der Waals surface area (Å²) in [4.78, 5) is 14.4. The smallest absolute Gasteiger partial charge is 0.416 e. The molecule has 1 heterocycles. The normalized spacial score (nSPS) is 11.2. The van der Waals surface area contributed by atoms with Crippen LogP contribution in [0.3, 0.4) is 0 Å². The van der Waals surface area contributed by atoms with Crippen LogP contribution in [0.1, 0.15) is 16.1 Å². The largest absolute Gasteiger partial charge is 0.476 e. The predicted molar refractivity (Wildman–Crippen MR) is 89.1 cm³/mol. The van der Waals surface area contributed by atoms with Crippen molar-refractivity contribution < 1.29 is 41.3 Å². The summed E-state index contributed by atoms with van der Waals surface area (Å²) >= 11 is 0. The molecule has 150 valence electrons. The summed E-state index contributed by atoms with van der Waals surface area (Å²) in [5.74, 6) is -4.06. The monoisotopic (exact) mass is 411 g/mol. The molecule has 29 heavy (non-hydrogen) atoms. The summed E-state index contributed by atoms with van der Waals surface area (Å²) in [6, 6.07) is 9.30. The topological polar surface area (TPSA) is 68.7 Å². The number of rotatable bonds is 5. The quantitative estimate of drug-likeness (QED) is 0.549. The number of hydrogen-bond donors (Lipinski definition) is 1. The summed E-state index contributed by atoms with van der Waals surface area (Å²) in [5.41, 5.74) is -1.95. The molecule has 0 amide bonds. The highest BCUT2D eigenvalue weighted by Gasteiger charge is 2.31. The molecule has 0 fully saturated rings. The maximum Gasteiger partial charge on any atom is 0.416 e. The molecule has 0 spiro atoms. The lowest BCUT2D eigenvalue weighted by molar-refractivity contribution is -0.137. The summed E-state index contributed by atoms with van der Waals surface area (Å²) in [6.45, 7) is 0. The first kappa shape index (κ1) is 20.1. The molecular formula is C19H10F5NO4. The second-order valence-electron chi connectivity index (χ2n) is 5.60. The Hall–Kier alpha value is -3.69. The molecule has 0 saturated heterocycles. The third-order valence-electron chi connectivity index (χ3n) is 3.56. The van der Waals surface area contributed by atoms with Crippen LogP contribution < -0.4 is 9.47 Å². The average Bonchev–Trinajstić information content (AvgIpc) is 2.65. The molecule has 0 saturated carbocycles. The van der Waals surface area contributed by atoms with E-state index >= 15 is 0 Å². The van der Waals surface area contributed by atoms with E-state index in [2.05, 4.69) is 4.98 Å². The number of ether oxygens (including phenoxy) is 2. The molecule has 2 aromatic carbocycles. The van der Waals surface area contributed by atoms with E-state index in [1.54, 1.807) is 0 Å². The minimum atomic E-state index is -4.67. The molecule has 0 unspecified atom stereocenters. The van der Waals surface area contributed by atoms with Gasteiger partial charge in [-0.2, -0.15) is 13.2 Å². The fourth-order valence-electron chi connectivity index (χ4n) is 2.21. The summed E-state index contributed by atoms with van der Waals surface area (Å²) < 4.78 is 75.4. The molecule has 3 aromatic rings. The van der Waals surface area contributed by atoms with Crippen molar-refractivity contribution in [2.75, 3.05) is 0 Å². The molecular weight excluding hydrogens is 401 g/mol. The second-order valence-corrected chi connectivity index (χ2v) is 5.60. The van der Waals surface area contributed by atoms with Crippen molar-refractivity contribution in [3.63, 3.8) is 0 Å². The van der Waals surface area contributed by atoms with Gasteiger partial charge in [0.25, 0.3) is 0 Å². The van der Waals surface area contributed by atoms with Crippen molar-refractivity contribution in [2.24, 2.45) is 0 Å². The van der Waals surface area contributed by atoms with E-state index in [4.69, 9.17) is 14.6 Å². The first-order chi connectivity index (χ1) is 13.6. The minimum absolute atomic E-state index is 0.106. The number of carboxylic acid groups (broad SMARTS) is 1. The molecule has 0 aliphatic carbocycles. The lowest BCUT2D eigenvalue weighted by Crippen LogP contribution is -2.05. The van der Waals surface area contributed by atoms with Gasteiger partial charge < -0.3 is 14.6 Å². The number of alkyl halides is 3. The number of carbonyl (C=O) groups is 1. The van der Waals surface area contributed by atoms with E-state index in [9.17, 15) is 26.7 Å². The minimum Gasteiger partial charge on any atom is -0.476 e. The van der Waals surface area contributed by atoms with E-state index in [0.717, 1.165) is 18.2 Å². The van der Waals surface area contributed by atoms with Crippen LogP contribution in [-0.2, 0) is 6.18 Å². The van der Waals surface area contributed by atoms with E-state index in [1.807, 2.05) is 0 Å². The molecule has 0 atom stereocenters. The summed E-state index contributed by atoms with van der Waals surface area (Å²) in [7, 11) is 0. The number of nitrogens with zero attached hydrogens (tertiary/aromatic N) is 1. The van der Waals surface area contributed by atoms with Crippen LogP contribution >= 0.6 is 0 Å². The maximum atomic E-state index is 13.8.